The molecule has 3 aromatic rings. The molecule has 0 fully saturated rings. The summed E-state index contributed by atoms with van der Waals surface area (Å²) >= 11 is 0. The van der Waals surface area contributed by atoms with Crippen molar-refractivity contribution in [3.05, 3.63) is 47.8 Å². The first kappa shape index (κ1) is 18.1. The highest BCUT2D eigenvalue weighted by molar-refractivity contribution is 5.85. The minimum Gasteiger partial charge on any atom is -0.334 e. The lowest BCUT2D eigenvalue weighted by Crippen LogP contribution is -2.24. The first-order chi connectivity index (χ1) is 11.1. The van der Waals surface area contributed by atoms with Crippen LogP contribution in [0.1, 0.15) is 18.4 Å². The Labute approximate surface area is 145 Å². The SMILES string of the molecule is CNC(C)Cc1noc(-c2cnn(-c3ccccc3F)c2C)n1.Cl. The van der Waals surface area contributed by atoms with Gasteiger partial charge in [0.25, 0.3) is 5.89 Å². The van der Waals surface area contributed by atoms with Crippen LogP contribution in [0.15, 0.2) is 35.0 Å². The van der Waals surface area contributed by atoms with Crippen LogP contribution in [-0.4, -0.2) is 33.0 Å². The molecule has 0 aliphatic rings. The molecule has 0 spiro atoms. The maximum Gasteiger partial charge on any atom is 0.261 e. The van der Waals surface area contributed by atoms with E-state index < -0.39 is 0 Å². The number of nitrogens with one attached hydrogen (secondary N) is 1. The van der Waals surface area contributed by atoms with E-state index in [0.29, 0.717) is 29.4 Å². The first-order valence-electron chi connectivity index (χ1n) is 7.40. The number of rotatable bonds is 5. The summed E-state index contributed by atoms with van der Waals surface area (Å²) in [5, 5.41) is 11.4. The number of hydrogen-bond acceptors (Lipinski definition) is 5. The van der Waals surface area contributed by atoms with E-state index in [1.165, 1.54) is 10.7 Å². The predicted molar refractivity (Wildman–Crippen MR) is 91.0 cm³/mol. The standard InChI is InChI=1S/C16H18FN5O.ClH/c1-10(18-3)8-15-20-16(23-21-15)12-9-19-22(11(12)2)14-7-5-4-6-13(14)17;/h4-7,9-10,18H,8H2,1-3H3;1H. The molecular formula is C16H19ClFN5O. The second-order valence-corrected chi connectivity index (χ2v) is 5.42. The zero-order valence-corrected chi connectivity index (χ0v) is 14.5. The highest BCUT2D eigenvalue weighted by Gasteiger charge is 2.18. The van der Waals surface area contributed by atoms with Crippen molar-refractivity contribution < 1.29 is 8.91 Å². The molecule has 0 saturated heterocycles. The number of hydrogen-bond donors (Lipinski definition) is 1. The number of benzene rings is 1. The van der Waals surface area contributed by atoms with Crippen LogP contribution in [0.5, 0.6) is 0 Å². The van der Waals surface area contributed by atoms with Gasteiger partial charge in [0.2, 0.25) is 0 Å². The molecule has 2 heterocycles. The second-order valence-electron chi connectivity index (χ2n) is 5.42. The molecule has 24 heavy (non-hydrogen) atoms. The van der Waals surface area contributed by atoms with Gasteiger partial charge in [-0.25, -0.2) is 9.07 Å². The molecule has 8 heteroatoms. The number of aromatic nitrogens is 4. The lowest BCUT2D eigenvalue weighted by Gasteiger charge is -2.05. The van der Waals surface area contributed by atoms with E-state index >= 15 is 0 Å². The number of likely N-dealkylation sites (N-methyl/N-ethyl adjacent to an activating group) is 1. The Morgan fingerprint density at radius 3 is 2.79 bits per heavy atom. The third kappa shape index (κ3) is 3.47. The minimum absolute atomic E-state index is 0. The summed E-state index contributed by atoms with van der Waals surface area (Å²) in [6.45, 7) is 3.88. The molecule has 6 nitrogen and oxygen atoms in total. The molecule has 1 unspecified atom stereocenters. The molecule has 128 valence electrons. The van der Waals surface area contributed by atoms with Crippen molar-refractivity contribution in [1.82, 2.24) is 25.2 Å². The summed E-state index contributed by atoms with van der Waals surface area (Å²) < 4.78 is 20.8. The molecule has 0 aliphatic heterocycles. The van der Waals surface area contributed by atoms with Crippen LogP contribution in [0.3, 0.4) is 0 Å². The molecule has 1 aromatic carbocycles. The van der Waals surface area contributed by atoms with Gasteiger partial charge in [0.1, 0.15) is 11.5 Å². The lowest BCUT2D eigenvalue weighted by atomic mass is 10.2. The van der Waals surface area contributed by atoms with Crippen LogP contribution >= 0.6 is 12.4 Å². The Bertz CT molecular complexity index is 816. The fourth-order valence-corrected chi connectivity index (χ4v) is 2.31. The molecule has 3 rings (SSSR count). The highest BCUT2D eigenvalue weighted by atomic mass is 35.5. The average Bonchev–Trinajstić information content (AvgIpc) is 3.14. The Balaban J connectivity index is 0.00000208. The van der Waals surface area contributed by atoms with Crippen molar-refractivity contribution >= 4 is 12.4 Å². The fraction of sp³-hybridized carbons (Fsp3) is 0.312. The summed E-state index contributed by atoms with van der Waals surface area (Å²) in [5.74, 6) is 0.683. The molecule has 0 aliphatic carbocycles. The van der Waals surface area contributed by atoms with Crippen molar-refractivity contribution in [3.8, 4) is 17.1 Å². The van der Waals surface area contributed by atoms with Crippen LogP contribution in [-0.2, 0) is 6.42 Å². The van der Waals surface area contributed by atoms with Gasteiger partial charge in [-0.05, 0) is 33.0 Å². The fourth-order valence-electron chi connectivity index (χ4n) is 2.31. The van der Waals surface area contributed by atoms with Crippen LogP contribution in [0.25, 0.3) is 17.1 Å². The number of para-hydroxylation sites is 1. The number of halogens is 2. The Morgan fingerprint density at radius 2 is 2.08 bits per heavy atom. The minimum atomic E-state index is -0.334. The Kier molecular flexibility index (Phi) is 5.69. The van der Waals surface area contributed by atoms with Crippen LogP contribution in [0.4, 0.5) is 4.39 Å². The summed E-state index contributed by atoms with van der Waals surface area (Å²) in [7, 11) is 1.88. The third-order valence-electron chi connectivity index (χ3n) is 3.77. The molecule has 2 aromatic heterocycles. The molecule has 0 bridgehead atoms. The smallest absolute Gasteiger partial charge is 0.261 e. The van der Waals surface area contributed by atoms with Gasteiger partial charge in [0, 0.05) is 12.5 Å². The quantitative estimate of drug-likeness (QED) is 0.765. The van der Waals surface area contributed by atoms with E-state index in [-0.39, 0.29) is 24.3 Å². The zero-order valence-electron chi connectivity index (χ0n) is 13.7. The zero-order chi connectivity index (χ0) is 16.4. The average molecular weight is 352 g/mol. The van der Waals surface area contributed by atoms with Crippen LogP contribution < -0.4 is 5.32 Å². The van der Waals surface area contributed by atoms with Gasteiger partial charge in [-0.2, -0.15) is 10.1 Å². The van der Waals surface area contributed by atoms with Crippen molar-refractivity contribution in [2.24, 2.45) is 0 Å². The third-order valence-corrected chi connectivity index (χ3v) is 3.77. The van der Waals surface area contributed by atoms with Crippen molar-refractivity contribution in [2.75, 3.05) is 7.05 Å². The normalized spacial score (nSPS) is 12.0. The summed E-state index contributed by atoms with van der Waals surface area (Å²) in [5.41, 5.74) is 1.83. The highest BCUT2D eigenvalue weighted by Crippen LogP contribution is 2.24. The van der Waals surface area contributed by atoms with E-state index in [1.807, 2.05) is 20.9 Å². The van der Waals surface area contributed by atoms with Crippen LogP contribution in [0, 0.1) is 12.7 Å². The molecule has 0 amide bonds. The summed E-state index contributed by atoms with van der Waals surface area (Å²) in [6, 6.07) is 6.74. The van der Waals surface area contributed by atoms with Crippen molar-refractivity contribution in [3.63, 3.8) is 0 Å². The Hall–Kier alpha value is -2.25. The van der Waals surface area contributed by atoms with Gasteiger partial charge < -0.3 is 9.84 Å². The van der Waals surface area contributed by atoms with Gasteiger partial charge in [-0.15, -0.1) is 12.4 Å². The van der Waals surface area contributed by atoms with Gasteiger partial charge in [0.15, 0.2) is 5.82 Å². The monoisotopic (exact) mass is 351 g/mol. The molecular weight excluding hydrogens is 333 g/mol. The van der Waals surface area contributed by atoms with Crippen LogP contribution in [0.2, 0.25) is 0 Å². The largest absolute Gasteiger partial charge is 0.334 e. The van der Waals surface area contributed by atoms with E-state index in [0.717, 1.165) is 5.69 Å². The van der Waals surface area contributed by atoms with E-state index in [4.69, 9.17) is 4.52 Å². The first-order valence-corrected chi connectivity index (χ1v) is 7.40. The summed E-state index contributed by atoms with van der Waals surface area (Å²) in [4.78, 5) is 4.39. The van der Waals surface area contributed by atoms with Gasteiger partial charge in [-0.1, -0.05) is 17.3 Å². The van der Waals surface area contributed by atoms with Crippen molar-refractivity contribution in [2.45, 2.75) is 26.3 Å². The van der Waals surface area contributed by atoms with E-state index in [1.54, 1.807) is 24.4 Å². The Morgan fingerprint density at radius 1 is 1.33 bits per heavy atom. The summed E-state index contributed by atoms with van der Waals surface area (Å²) in [6.07, 6.45) is 2.28. The maximum absolute atomic E-state index is 13.9. The molecule has 1 N–H and O–H groups in total. The van der Waals surface area contributed by atoms with Crippen molar-refractivity contribution in [1.29, 1.82) is 0 Å². The van der Waals surface area contributed by atoms with Gasteiger partial charge >= 0.3 is 0 Å². The van der Waals surface area contributed by atoms with Gasteiger partial charge in [-0.3, -0.25) is 0 Å². The predicted octanol–water partition coefficient (Wildman–Crippen LogP) is 2.94. The lowest BCUT2D eigenvalue weighted by molar-refractivity contribution is 0.418. The second kappa shape index (κ2) is 7.55. The van der Waals surface area contributed by atoms with Gasteiger partial charge in [0.05, 0.1) is 17.5 Å². The molecule has 0 saturated carbocycles. The molecule has 0 radical (unpaired) electrons. The number of nitrogens with zero attached hydrogens (tertiary/aromatic N) is 4. The topological polar surface area (TPSA) is 68.8 Å². The maximum atomic E-state index is 13.9. The molecule has 1 atom stereocenters. The van der Waals surface area contributed by atoms with E-state index in [9.17, 15) is 4.39 Å². The van der Waals surface area contributed by atoms with E-state index in [2.05, 4.69) is 20.6 Å².